The van der Waals surface area contributed by atoms with Gasteiger partial charge < -0.3 is 5.11 Å². The van der Waals surface area contributed by atoms with Crippen LogP contribution in [0.5, 0.6) is 0 Å². The molecule has 1 saturated carbocycles. The van der Waals surface area contributed by atoms with Gasteiger partial charge in [0.1, 0.15) is 5.82 Å². The Balaban J connectivity index is 2.07. The molecule has 0 aromatic heterocycles. The van der Waals surface area contributed by atoms with Crippen LogP contribution in [0.2, 0.25) is 0 Å². The number of hydrogen-bond donors (Lipinski definition) is 1. The summed E-state index contributed by atoms with van der Waals surface area (Å²) < 4.78 is 13.4. The molecular weight excluding hydrogens is 191 g/mol. The lowest BCUT2D eigenvalue weighted by molar-refractivity contribution is 0.127. The largest absolute Gasteiger partial charge is 0.393 e. The third-order valence-electron chi connectivity index (χ3n) is 3.62. The molecule has 2 heteroatoms. The van der Waals surface area contributed by atoms with Gasteiger partial charge in [0.2, 0.25) is 0 Å². The van der Waals surface area contributed by atoms with E-state index in [9.17, 15) is 9.50 Å². The first kappa shape index (κ1) is 10.6. The Morgan fingerprint density at radius 3 is 2.67 bits per heavy atom. The van der Waals surface area contributed by atoms with Crippen molar-refractivity contribution in [2.24, 2.45) is 11.8 Å². The molecule has 15 heavy (non-hydrogen) atoms. The fourth-order valence-corrected chi connectivity index (χ4v) is 2.46. The molecule has 82 valence electrons. The van der Waals surface area contributed by atoms with E-state index in [0.29, 0.717) is 11.8 Å². The van der Waals surface area contributed by atoms with Crippen molar-refractivity contribution in [1.82, 2.24) is 0 Å². The zero-order valence-corrected chi connectivity index (χ0v) is 8.99. The highest BCUT2D eigenvalue weighted by Gasteiger charge is 2.31. The second-order valence-corrected chi connectivity index (χ2v) is 4.56. The Kier molecular flexibility index (Phi) is 3.06. The molecule has 0 saturated heterocycles. The average Bonchev–Trinajstić information content (AvgIpc) is 2.53. The van der Waals surface area contributed by atoms with Crippen molar-refractivity contribution in [3.8, 4) is 0 Å². The molecule has 1 aliphatic carbocycles. The maximum atomic E-state index is 13.4. The molecule has 1 fully saturated rings. The molecule has 0 heterocycles. The molecule has 1 N–H and O–H groups in total. The van der Waals surface area contributed by atoms with Crippen molar-refractivity contribution < 1.29 is 9.50 Å². The Bertz CT molecular complexity index is 337. The van der Waals surface area contributed by atoms with Gasteiger partial charge in [-0.25, -0.2) is 4.39 Å². The highest BCUT2D eigenvalue weighted by atomic mass is 19.1. The van der Waals surface area contributed by atoms with Crippen LogP contribution in [0, 0.1) is 17.7 Å². The fraction of sp³-hybridized carbons (Fsp3) is 0.538. The quantitative estimate of drug-likeness (QED) is 0.792. The minimum atomic E-state index is -0.193. The van der Waals surface area contributed by atoms with E-state index in [1.54, 1.807) is 6.07 Å². The van der Waals surface area contributed by atoms with Gasteiger partial charge >= 0.3 is 0 Å². The summed E-state index contributed by atoms with van der Waals surface area (Å²) in [5.41, 5.74) is 0.781. The molecule has 3 atom stereocenters. The summed E-state index contributed by atoms with van der Waals surface area (Å²) in [6.07, 6.45) is 2.43. The summed E-state index contributed by atoms with van der Waals surface area (Å²) in [7, 11) is 0. The maximum Gasteiger partial charge on any atom is 0.126 e. The van der Waals surface area contributed by atoms with Crippen LogP contribution in [-0.4, -0.2) is 11.2 Å². The minimum absolute atomic E-state index is 0.119. The molecule has 0 radical (unpaired) electrons. The van der Waals surface area contributed by atoms with E-state index in [2.05, 4.69) is 6.92 Å². The predicted octanol–water partition coefficient (Wildman–Crippen LogP) is 2.78. The monoisotopic (exact) mass is 208 g/mol. The van der Waals surface area contributed by atoms with E-state index < -0.39 is 0 Å². The SMILES string of the molecule is CC1C(O)CCC1Cc1ccccc1F. The highest BCUT2D eigenvalue weighted by Crippen LogP contribution is 2.34. The summed E-state index contributed by atoms with van der Waals surface area (Å²) in [6.45, 7) is 2.06. The van der Waals surface area contributed by atoms with E-state index in [-0.39, 0.29) is 11.9 Å². The number of hydrogen-bond acceptors (Lipinski definition) is 1. The van der Waals surface area contributed by atoms with Crippen LogP contribution >= 0.6 is 0 Å². The van der Waals surface area contributed by atoms with Gasteiger partial charge in [0.05, 0.1) is 6.10 Å². The number of aliphatic hydroxyl groups excluding tert-OH is 1. The molecule has 0 bridgehead atoms. The molecule has 2 rings (SSSR count). The van der Waals surface area contributed by atoms with Gasteiger partial charge in [0.25, 0.3) is 0 Å². The summed E-state index contributed by atoms with van der Waals surface area (Å²) in [4.78, 5) is 0. The number of aliphatic hydroxyl groups is 1. The Morgan fingerprint density at radius 1 is 1.33 bits per heavy atom. The first-order valence-electron chi connectivity index (χ1n) is 5.60. The Morgan fingerprint density at radius 2 is 2.07 bits per heavy atom. The smallest absolute Gasteiger partial charge is 0.126 e. The van der Waals surface area contributed by atoms with Gasteiger partial charge in [-0.1, -0.05) is 25.1 Å². The van der Waals surface area contributed by atoms with E-state index in [1.807, 2.05) is 12.1 Å². The minimum Gasteiger partial charge on any atom is -0.393 e. The van der Waals surface area contributed by atoms with E-state index in [1.165, 1.54) is 6.07 Å². The normalized spacial score (nSPS) is 30.7. The van der Waals surface area contributed by atoms with Gasteiger partial charge in [-0.05, 0) is 42.7 Å². The summed E-state index contributed by atoms with van der Waals surface area (Å²) in [5.74, 6) is 0.604. The lowest BCUT2D eigenvalue weighted by Gasteiger charge is -2.17. The fourth-order valence-electron chi connectivity index (χ4n) is 2.46. The van der Waals surface area contributed by atoms with Gasteiger partial charge in [0, 0.05) is 0 Å². The van der Waals surface area contributed by atoms with Crippen LogP contribution in [0.4, 0.5) is 4.39 Å². The molecule has 0 spiro atoms. The second-order valence-electron chi connectivity index (χ2n) is 4.56. The second kappa shape index (κ2) is 4.31. The van der Waals surface area contributed by atoms with Crippen molar-refractivity contribution >= 4 is 0 Å². The van der Waals surface area contributed by atoms with Gasteiger partial charge in [-0.15, -0.1) is 0 Å². The number of benzene rings is 1. The molecule has 1 nitrogen and oxygen atoms in total. The zero-order chi connectivity index (χ0) is 10.8. The van der Waals surface area contributed by atoms with Crippen molar-refractivity contribution in [3.05, 3.63) is 35.6 Å². The van der Waals surface area contributed by atoms with Crippen LogP contribution in [-0.2, 0) is 6.42 Å². The maximum absolute atomic E-state index is 13.4. The Labute approximate surface area is 89.9 Å². The van der Waals surface area contributed by atoms with Crippen molar-refractivity contribution in [3.63, 3.8) is 0 Å². The van der Waals surface area contributed by atoms with Crippen molar-refractivity contribution in [1.29, 1.82) is 0 Å². The van der Waals surface area contributed by atoms with Crippen LogP contribution < -0.4 is 0 Å². The molecule has 1 aromatic carbocycles. The topological polar surface area (TPSA) is 20.2 Å². The highest BCUT2D eigenvalue weighted by molar-refractivity contribution is 5.18. The lowest BCUT2D eigenvalue weighted by atomic mass is 9.90. The van der Waals surface area contributed by atoms with E-state index >= 15 is 0 Å². The van der Waals surface area contributed by atoms with Crippen LogP contribution in [0.1, 0.15) is 25.3 Å². The average molecular weight is 208 g/mol. The molecule has 1 aromatic rings. The van der Waals surface area contributed by atoms with Gasteiger partial charge in [-0.2, -0.15) is 0 Å². The van der Waals surface area contributed by atoms with E-state index in [0.717, 1.165) is 24.8 Å². The zero-order valence-electron chi connectivity index (χ0n) is 8.99. The number of rotatable bonds is 2. The molecule has 0 aliphatic heterocycles. The summed E-state index contributed by atoms with van der Waals surface area (Å²) >= 11 is 0. The first-order valence-corrected chi connectivity index (χ1v) is 5.60. The molecular formula is C13H17FO. The summed E-state index contributed by atoms with van der Waals surface area (Å²) in [5, 5.41) is 9.62. The lowest BCUT2D eigenvalue weighted by Crippen LogP contribution is -2.17. The molecule has 3 unspecified atom stereocenters. The molecule has 0 amide bonds. The third-order valence-corrected chi connectivity index (χ3v) is 3.62. The summed E-state index contributed by atoms with van der Waals surface area (Å²) in [6, 6.07) is 6.93. The van der Waals surface area contributed by atoms with Crippen LogP contribution in [0.3, 0.4) is 0 Å². The van der Waals surface area contributed by atoms with Gasteiger partial charge in [0.15, 0.2) is 0 Å². The first-order chi connectivity index (χ1) is 7.18. The van der Waals surface area contributed by atoms with Gasteiger partial charge in [-0.3, -0.25) is 0 Å². The van der Waals surface area contributed by atoms with Crippen LogP contribution in [0.15, 0.2) is 24.3 Å². The Hall–Kier alpha value is -0.890. The van der Waals surface area contributed by atoms with E-state index in [4.69, 9.17) is 0 Å². The van der Waals surface area contributed by atoms with Crippen molar-refractivity contribution in [2.45, 2.75) is 32.3 Å². The third kappa shape index (κ3) is 2.20. The number of halogens is 1. The standard InChI is InChI=1S/C13H17FO/c1-9-10(6-7-13(9)15)8-11-4-2-3-5-12(11)14/h2-5,9-10,13,15H,6-8H2,1H3. The predicted molar refractivity (Wildman–Crippen MR) is 58.0 cm³/mol. The molecule has 1 aliphatic rings. The van der Waals surface area contributed by atoms with Crippen LogP contribution in [0.25, 0.3) is 0 Å². The van der Waals surface area contributed by atoms with Crippen molar-refractivity contribution in [2.75, 3.05) is 0 Å².